The third-order valence-corrected chi connectivity index (χ3v) is 6.40. The molecule has 1 saturated carbocycles. The lowest BCUT2D eigenvalue weighted by molar-refractivity contribution is -0.116. The number of carbonyl (C=O) groups excluding carboxylic acids is 1. The quantitative estimate of drug-likeness (QED) is 0.588. The highest BCUT2D eigenvalue weighted by atomic mass is 32.2. The van der Waals surface area contributed by atoms with Crippen LogP contribution in [-0.2, 0) is 4.79 Å². The van der Waals surface area contributed by atoms with E-state index in [2.05, 4.69) is 45.7 Å². The first-order valence-electron chi connectivity index (χ1n) is 9.49. The van der Waals surface area contributed by atoms with E-state index in [1.807, 2.05) is 12.1 Å². The third kappa shape index (κ3) is 4.35. The van der Waals surface area contributed by atoms with Crippen LogP contribution in [-0.4, -0.2) is 36.8 Å². The van der Waals surface area contributed by atoms with Gasteiger partial charge in [-0.05, 0) is 66.3 Å². The molecular formula is C22H25N3OS. The first-order valence-corrected chi connectivity index (χ1v) is 10.7. The summed E-state index contributed by atoms with van der Waals surface area (Å²) < 4.78 is 0. The molecular weight excluding hydrogens is 354 g/mol. The molecule has 0 unspecified atom stereocenters. The summed E-state index contributed by atoms with van der Waals surface area (Å²) in [6.45, 7) is 3.07. The van der Waals surface area contributed by atoms with Crippen LogP contribution in [0, 0.1) is 17.8 Å². The number of carbonyl (C=O) groups is 1. The van der Waals surface area contributed by atoms with Gasteiger partial charge in [0.05, 0.1) is 0 Å². The van der Waals surface area contributed by atoms with Gasteiger partial charge in [-0.2, -0.15) is 0 Å². The molecule has 1 aromatic heterocycles. The van der Waals surface area contributed by atoms with Crippen molar-refractivity contribution in [2.45, 2.75) is 11.3 Å². The van der Waals surface area contributed by atoms with Crippen LogP contribution in [0.25, 0.3) is 6.08 Å². The molecule has 4 rings (SSSR count). The van der Waals surface area contributed by atoms with E-state index in [-0.39, 0.29) is 5.91 Å². The molecule has 1 saturated heterocycles. The Hall–Kier alpha value is -2.27. The molecule has 0 bridgehead atoms. The number of hydrogen-bond donors (Lipinski definition) is 1. The minimum Gasteiger partial charge on any atom is -0.371 e. The lowest BCUT2D eigenvalue weighted by Gasteiger charge is -2.22. The van der Waals surface area contributed by atoms with E-state index >= 15 is 0 Å². The van der Waals surface area contributed by atoms with Crippen molar-refractivity contribution in [1.29, 1.82) is 0 Å². The summed E-state index contributed by atoms with van der Waals surface area (Å²) in [5, 5.41) is 3.01. The monoisotopic (exact) mass is 379 g/mol. The maximum atomic E-state index is 11.9. The van der Waals surface area contributed by atoms with Crippen molar-refractivity contribution in [2.24, 2.45) is 17.8 Å². The van der Waals surface area contributed by atoms with E-state index < -0.39 is 0 Å². The lowest BCUT2D eigenvalue weighted by Crippen LogP contribution is -2.26. The number of thioether (sulfide) groups is 1. The molecule has 1 aliphatic carbocycles. The molecule has 140 valence electrons. The Morgan fingerprint density at radius 1 is 1.30 bits per heavy atom. The Kier molecular flexibility index (Phi) is 5.48. The number of aromatic nitrogens is 1. The van der Waals surface area contributed by atoms with Crippen LogP contribution in [0.4, 0.5) is 5.69 Å². The van der Waals surface area contributed by atoms with E-state index in [4.69, 9.17) is 0 Å². The van der Waals surface area contributed by atoms with Gasteiger partial charge in [-0.3, -0.25) is 9.78 Å². The molecule has 0 spiro atoms. The minimum atomic E-state index is -0.0276. The van der Waals surface area contributed by atoms with Gasteiger partial charge < -0.3 is 10.2 Å². The molecule has 1 aromatic carbocycles. The first-order chi connectivity index (χ1) is 13.2. The minimum absolute atomic E-state index is 0.0276. The number of fused-ring (bicyclic) bond motifs is 1. The Bertz CT molecular complexity index is 811. The van der Waals surface area contributed by atoms with Crippen molar-refractivity contribution >= 4 is 29.4 Å². The van der Waals surface area contributed by atoms with Crippen LogP contribution >= 0.6 is 11.8 Å². The molecule has 2 heterocycles. The smallest absolute Gasteiger partial charge is 0.244 e. The van der Waals surface area contributed by atoms with Crippen molar-refractivity contribution in [3.8, 4) is 0 Å². The highest BCUT2D eigenvalue weighted by Gasteiger charge is 2.54. The fourth-order valence-electron chi connectivity index (χ4n) is 4.16. The Balaban J connectivity index is 1.18. The van der Waals surface area contributed by atoms with Gasteiger partial charge in [0.25, 0.3) is 0 Å². The molecule has 4 nitrogen and oxygen atoms in total. The van der Waals surface area contributed by atoms with Crippen molar-refractivity contribution in [2.75, 3.05) is 30.8 Å². The molecule has 27 heavy (non-hydrogen) atoms. The molecule has 2 aliphatic rings. The highest BCUT2D eigenvalue weighted by Crippen LogP contribution is 2.54. The van der Waals surface area contributed by atoms with Crippen LogP contribution in [0.1, 0.15) is 12.0 Å². The summed E-state index contributed by atoms with van der Waals surface area (Å²) >= 11 is 1.79. The summed E-state index contributed by atoms with van der Waals surface area (Å²) in [5.41, 5.74) is 2.29. The van der Waals surface area contributed by atoms with Crippen molar-refractivity contribution in [1.82, 2.24) is 10.3 Å². The number of amides is 1. The van der Waals surface area contributed by atoms with Crippen molar-refractivity contribution in [3.63, 3.8) is 0 Å². The third-order valence-electron chi connectivity index (χ3n) is 5.68. The number of rotatable bonds is 7. The molecule has 1 N–H and O–H groups in total. The topological polar surface area (TPSA) is 45.2 Å². The second-order valence-electron chi connectivity index (χ2n) is 7.30. The zero-order chi connectivity index (χ0) is 18.6. The molecule has 0 radical (unpaired) electrons. The molecule has 1 amide bonds. The Morgan fingerprint density at radius 3 is 2.89 bits per heavy atom. The van der Waals surface area contributed by atoms with E-state index in [1.165, 1.54) is 10.6 Å². The standard InChI is InChI=1S/C22H25N3OS/c1-27-18-6-2-5-17(12-18)25-14-20-19(21(20)15-25)9-11-24-22(26)8-7-16-4-3-10-23-13-16/h2-8,10,12-13,19-21H,9,11,14-15H2,1H3,(H,24,26)/b8-7+/t19-,20-,21+. The SMILES string of the molecule is CSc1cccc(N2C[C@@H]3[C@@H](CCNC(=O)/C=C/c4cccnc4)[C@@H]3C2)c1. The average molecular weight is 380 g/mol. The number of nitrogens with one attached hydrogen (secondary N) is 1. The van der Waals surface area contributed by atoms with E-state index in [0.717, 1.165) is 49.4 Å². The highest BCUT2D eigenvalue weighted by molar-refractivity contribution is 7.98. The van der Waals surface area contributed by atoms with Crippen LogP contribution in [0.5, 0.6) is 0 Å². The van der Waals surface area contributed by atoms with E-state index in [0.29, 0.717) is 0 Å². The Morgan fingerprint density at radius 2 is 2.15 bits per heavy atom. The van der Waals surface area contributed by atoms with Gasteiger partial charge >= 0.3 is 0 Å². The molecule has 3 atom stereocenters. The number of anilines is 1. The fraction of sp³-hybridized carbons (Fsp3) is 0.364. The predicted molar refractivity (Wildman–Crippen MR) is 112 cm³/mol. The maximum Gasteiger partial charge on any atom is 0.244 e. The molecule has 5 heteroatoms. The van der Waals surface area contributed by atoms with Gasteiger partial charge in [0.15, 0.2) is 0 Å². The normalized spacial score (nSPS) is 23.4. The van der Waals surface area contributed by atoms with Crippen molar-refractivity contribution < 1.29 is 4.79 Å². The van der Waals surface area contributed by atoms with Crippen LogP contribution in [0.2, 0.25) is 0 Å². The van der Waals surface area contributed by atoms with Gasteiger partial charge in [-0.15, -0.1) is 11.8 Å². The van der Waals surface area contributed by atoms with Crippen LogP contribution in [0.3, 0.4) is 0 Å². The number of benzene rings is 1. The number of nitrogens with zero attached hydrogens (tertiary/aromatic N) is 2. The number of piperidine rings is 1. The maximum absolute atomic E-state index is 11.9. The molecule has 1 aliphatic heterocycles. The van der Waals surface area contributed by atoms with Gasteiger partial charge in [0.2, 0.25) is 5.91 Å². The second kappa shape index (κ2) is 8.17. The predicted octanol–water partition coefficient (Wildman–Crippen LogP) is 3.71. The summed E-state index contributed by atoms with van der Waals surface area (Å²) in [6.07, 6.45) is 10.1. The molecule has 2 aromatic rings. The first kappa shape index (κ1) is 18.1. The van der Waals surface area contributed by atoms with Crippen molar-refractivity contribution in [3.05, 3.63) is 60.4 Å². The summed E-state index contributed by atoms with van der Waals surface area (Å²) in [5.74, 6) is 2.34. The number of pyridine rings is 1. The average Bonchev–Trinajstić information content (AvgIpc) is 3.15. The zero-order valence-electron chi connectivity index (χ0n) is 15.5. The van der Waals surface area contributed by atoms with Gasteiger partial charge in [-0.25, -0.2) is 0 Å². The molecule has 2 fully saturated rings. The largest absolute Gasteiger partial charge is 0.371 e. The second-order valence-corrected chi connectivity index (χ2v) is 8.18. The van der Waals surface area contributed by atoms with Gasteiger partial charge in [-0.1, -0.05) is 12.1 Å². The lowest BCUT2D eigenvalue weighted by atomic mass is 10.2. The van der Waals surface area contributed by atoms with Crippen LogP contribution < -0.4 is 10.2 Å². The summed E-state index contributed by atoms with van der Waals surface area (Å²) in [6, 6.07) is 12.6. The van der Waals surface area contributed by atoms with E-state index in [1.54, 1.807) is 36.3 Å². The number of hydrogen-bond acceptors (Lipinski definition) is 4. The van der Waals surface area contributed by atoms with E-state index in [9.17, 15) is 4.79 Å². The van der Waals surface area contributed by atoms with Gasteiger partial charge in [0.1, 0.15) is 0 Å². The summed E-state index contributed by atoms with van der Waals surface area (Å²) in [7, 11) is 0. The Labute approximate surface area is 165 Å². The summed E-state index contributed by atoms with van der Waals surface area (Å²) in [4.78, 5) is 19.8. The van der Waals surface area contributed by atoms with Crippen LogP contribution in [0.15, 0.2) is 59.8 Å². The zero-order valence-corrected chi connectivity index (χ0v) is 16.4. The van der Waals surface area contributed by atoms with Gasteiger partial charge in [0, 0.05) is 48.7 Å². The fourth-order valence-corrected chi connectivity index (χ4v) is 4.62.